The maximum Gasteiger partial charge on any atom is 0.331 e. The van der Waals surface area contributed by atoms with Gasteiger partial charge in [0.15, 0.2) is 6.61 Å². The summed E-state index contributed by atoms with van der Waals surface area (Å²) < 4.78 is 10.7. The van der Waals surface area contributed by atoms with E-state index in [1.165, 1.54) is 6.08 Å². The molecule has 30 heavy (non-hydrogen) atoms. The van der Waals surface area contributed by atoms with Gasteiger partial charge in [-0.2, -0.15) is 0 Å². The molecule has 0 saturated heterocycles. The molecule has 0 bridgehead atoms. The van der Waals surface area contributed by atoms with E-state index in [-0.39, 0.29) is 6.61 Å². The van der Waals surface area contributed by atoms with Crippen LogP contribution in [0.2, 0.25) is 5.02 Å². The molecule has 1 N–H and O–H groups in total. The molecule has 0 spiro atoms. The number of benzene rings is 3. The summed E-state index contributed by atoms with van der Waals surface area (Å²) in [5.41, 5.74) is 2.47. The van der Waals surface area contributed by atoms with Gasteiger partial charge in [-0.1, -0.05) is 54.1 Å². The Balaban J connectivity index is 1.42. The molecule has 0 aromatic heterocycles. The summed E-state index contributed by atoms with van der Waals surface area (Å²) in [6, 6.07) is 23.7. The molecular formula is C24H20ClNO4. The van der Waals surface area contributed by atoms with Gasteiger partial charge in [0.1, 0.15) is 12.4 Å². The van der Waals surface area contributed by atoms with E-state index in [2.05, 4.69) is 5.32 Å². The molecule has 1 amide bonds. The van der Waals surface area contributed by atoms with Crippen LogP contribution in [0.4, 0.5) is 5.69 Å². The molecule has 0 heterocycles. The number of nitrogens with one attached hydrogen (secondary N) is 1. The van der Waals surface area contributed by atoms with Crippen molar-refractivity contribution in [3.05, 3.63) is 101 Å². The van der Waals surface area contributed by atoms with Crippen LogP contribution in [0.1, 0.15) is 11.1 Å². The highest BCUT2D eigenvalue weighted by Crippen LogP contribution is 2.16. The van der Waals surface area contributed by atoms with Crippen LogP contribution in [-0.2, 0) is 20.9 Å². The molecule has 0 saturated carbocycles. The van der Waals surface area contributed by atoms with E-state index < -0.39 is 11.9 Å². The summed E-state index contributed by atoms with van der Waals surface area (Å²) in [5.74, 6) is -0.284. The van der Waals surface area contributed by atoms with Crippen LogP contribution in [0.5, 0.6) is 5.75 Å². The summed E-state index contributed by atoms with van der Waals surface area (Å²) in [6.45, 7) is 0.0826. The predicted octanol–water partition coefficient (Wildman–Crippen LogP) is 5.11. The Morgan fingerprint density at radius 3 is 2.30 bits per heavy atom. The van der Waals surface area contributed by atoms with E-state index in [9.17, 15) is 9.59 Å². The fraction of sp³-hybridized carbons (Fsp3) is 0.0833. The smallest absolute Gasteiger partial charge is 0.331 e. The second-order valence-corrected chi connectivity index (χ2v) is 6.78. The first kappa shape index (κ1) is 21.1. The summed E-state index contributed by atoms with van der Waals surface area (Å²) in [4.78, 5) is 23.6. The van der Waals surface area contributed by atoms with Crippen molar-refractivity contribution < 1.29 is 19.1 Å². The molecule has 3 aromatic rings. The van der Waals surface area contributed by atoms with Crippen LogP contribution in [0.25, 0.3) is 6.08 Å². The second-order valence-electron chi connectivity index (χ2n) is 6.34. The number of hydrogen-bond acceptors (Lipinski definition) is 4. The second kappa shape index (κ2) is 10.8. The first-order valence-corrected chi connectivity index (χ1v) is 9.63. The fourth-order valence-electron chi connectivity index (χ4n) is 2.49. The van der Waals surface area contributed by atoms with Crippen LogP contribution >= 0.6 is 11.6 Å². The lowest BCUT2D eigenvalue weighted by atomic mass is 10.2. The first-order valence-electron chi connectivity index (χ1n) is 9.25. The van der Waals surface area contributed by atoms with Crippen molar-refractivity contribution in [3.8, 4) is 5.75 Å². The van der Waals surface area contributed by atoms with Crippen molar-refractivity contribution in [2.24, 2.45) is 0 Å². The lowest BCUT2D eigenvalue weighted by Gasteiger charge is -2.07. The molecule has 5 nitrogen and oxygen atoms in total. The molecule has 0 aliphatic rings. The minimum absolute atomic E-state index is 0.352. The van der Waals surface area contributed by atoms with E-state index >= 15 is 0 Å². The van der Waals surface area contributed by atoms with E-state index in [0.29, 0.717) is 23.1 Å². The van der Waals surface area contributed by atoms with E-state index in [1.807, 2.05) is 54.6 Å². The van der Waals surface area contributed by atoms with Gasteiger partial charge < -0.3 is 14.8 Å². The Hall–Kier alpha value is -3.57. The van der Waals surface area contributed by atoms with E-state index in [4.69, 9.17) is 21.1 Å². The van der Waals surface area contributed by atoms with Crippen LogP contribution in [-0.4, -0.2) is 18.5 Å². The van der Waals surface area contributed by atoms with Crippen molar-refractivity contribution in [1.82, 2.24) is 0 Å². The summed E-state index contributed by atoms with van der Waals surface area (Å²) in [7, 11) is 0. The number of anilines is 1. The normalized spacial score (nSPS) is 10.6. The first-order chi connectivity index (χ1) is 14.6. The third-order valence-electron chi connectivity index (χ3n) is 4.01. The number of carbonyl (C=O) groups is 2. The largest absolute Gasteiger partial charge is 0.489 e. The Morgan fingerprint density at radius 1 is 0.900 bits per heavy atom. The molecule has 0 radical (unpaired) electrons. The van der Waals surface area contributed by atoms with Crippen LogP contribution < -0.4 is 10.1 Å². The monoisotopic (exact) mass is 421 g/mol. The molecule has 0 aliphatic heterocycles. The highest BCUT2D eigenvalue weighted by molar-refractivity contribution is 6.30. The number of para-hydroxylation sites is 1. The molecule has 0 fully saturated rings. The van der Waals surface area contributed by atoms with E-state index in [1.54, 1.807) is 30.3 Å². The SMILES string of the molecule is O=C(COC(=O)C=Cc1ccc(OCc2ccc(Cl)cc2)cc1)Nc1ccccc1. The predicted molar refractivity (Wildman–Crippen MR) is 117 cm³/mol. The Morgan fingerprint density at radius 2 is 1.60 bits per heavy atom. The standard InChI is InChI=1S/C24H20ClNO4/c25-20-11-6-19(7-12-20)16-29-22-13-8-18(9-14-22)10-15-24(28)30-17-23(27)26-21-4-2-1-3-5-21/h1-15H,16-17H2,(H,26,27). The number of carbonyl (C=O) groups excluding carboxylic acids is 2. The van der Waals surface area contributed by atoms with Crippen molar-refractivity contribution >= 4 is 35.2 Å². The fourth-order valence-corrected chi connectivity index (χ4v) is 2.62. The molecule has 152 valence electrons. The number of amides is 1. The van der Waals surface area contributed by atoms with Gasteiger partial charge in [-0.3, -0.25) is 4.79 Å². The molecule has 3 aromatic carbocycles. The summed E-state index contributed by atoms with van der Waals surface area (Å²) in [6.07, 6.45) is 2.89. The van der Waals surface area contributed by atoms with E-state index in [0.717, 1.165) is 11.1 Å². The number of halogens is 1. The van der Waals surface area contributed by atoms with Crippen molar-refractivity contribution in [3.63, 3.8) is 0 Å². The summed E-state index contributed by atoms with van der Waals surface area (Å²) in [5, 5.41) is 3.33. The third-order valence-corrected chi connectivity index (χ3v) is 4.27. The van der Waals surface area contributed by atoms with Crippen molar-refractivity contribution in [1.29, 1.82) is 0 Å². The van der Waals surface area contributed by atoms with Crippen LogP contribution in [0.15, 0.2) is 84.9 Å². The van der Waals surface area contributed by atoms with Crippen LogP contribution in [0, 0.1) is 0 Å². The molecule has 3 rings (SSSR count). The third kappa shape index (κ3) is 7.11. The maximum atomic E-state index is 11.8. The van der Waals surface area contributed by atoms with Gasteiger partial charge in [-0.15, -0.1) is 0 Å². The van der Waals surface area contributed by atoms with Gasteiger partial charge in [0.2, 0.25) is 0 Å². The number of ether oxygens (including phenoxy) is 2. The average Bonchev–Trinajstić information content (AvgIpc) is 2.77. The topological polar surface area (TPSA) is 64.6 Å². The van der Waals surface area contributed by atoms with Crippen molar-refractivity contribution in [2.45, 2.75) is 6.61 Å². The molecular weight excluding hydrogens is 402 g/mol. The molecule has 0 unspecified atom stereocenters. The zero-order valence-electron chi connectivity index (χ0n) is 16.1. The highest BCUT2D eigenvalue weighted by Gasteiger charge is 2.05. The van der Waals surface area contributed by atoms with Gasteiger partial charge in [0.05, 0.1) is 0 Å². The highest BCUT2D eigenvalue weighted by atomic mass is 35.5. The lowest BCUT2D eigenvalue weighted by molar-refractivity contribution is -0.142. The minimum Gasteiger partial charge on any atom is -0.489 e. The van der Waals surface area contributed by atoms with Crippen molar-refractivity contribution in [2.75, 3.05) is 11.9 Å². The zero-order chi connectivity index (χ0) is 21.2. The Bertz CT molecular complexity index is 1000. The zero-order valence-corrected chi connectivity index (χ0v) is 16.8. The van der Waals surface area contributed by atoms with Gasteiger partial charge in [0.25, 0.3) is 5.91 Å². The lowest BCUT2D eigenvalue weighted by Crippen LogP contribution is -2.20. The quantitative estimate of drug-likeness (QED) is 0.405. The van der Waals surface area contributed by atoms with Gasteiger partial charge in [-0.05, 0) is 53.6 Å². The van der Waals surface area contributed by atoms with Crippen LogP contribution in [0.3, 0.4) is 0 Å². The maximum absolute atomic E-state index is 11.8. The Labute approximate surface area is 179 Å². The number of esters is 1. The molecule has 6 heteroatoms. The number of rotatable bonds is 8. The van der Waals surface area contributed by atoms with Gasteiger partial charge >= 0.3 is 5.97 Å². The molecule has 0 atom stereocenters. The average molecular weight is 422 g/mol. The summed E-state index contributed by atoms with van der Waals surface area (Å²) >= 11 is 5.87. The Kier molecular flexibility index (Phi) is 7.64. The minimum atomic E-state index is -0.596. The molecule has 0 aliphatic carbocycles. The van der Waals surface area contributed by atoms with Gasteiger partial charge in [-0.25, -0.2) is 4.79 Å². The van der Waals surface area contributed by atoms with Gasteiger partial charge in [0, 0.05) is 16.8 Å². The number of hydrogen-bond donors (Lipinski definition) is 1.